The normalized spacial score (nSPS) is 13.9. The van der Waals surface area contributed by atoms with Crippen LogP contribution in [0.2, 0.25) is 5.02 Å². The average Bonchev–Trinajstić information content (AvgIpc) is 3.03. The Kier molecular flexibility index (Phi) is 4.91. The maximum absolute atomic E-state index is 12.5. The monoisotopic (exact) mass is 403 g/mol. The summed E-state index contributed by atoms with van der Waals surface area (Å²) < 4.78 is 0. The highest BCUT2D eigenvalue weighted by atomic mass is 35.5. The number of anilines is 2. The van der Waals surface area contributed by atoms with Crippen LogP contribution in [0.1, 0.15) is 27.0 Å². The highest BCUT2D eigenvalue weighted by Gasteiger charge is 2.28. The fourth-order valence-electron chi connectivity index (χ4n) is 3.17. The minimum Gasteiger partial charge on any atom is -0.322 e. The molecule has 0 saturated carbocycles. The molecule has 0 bridgehead atoms. The third-order valence-electron chi connectivity index (χ3n) is 4.87. The Balaban J connectivity index is 1.58. The van der Waals surface area contributed by atoms with Crippen molar-refractivity contribution in [2.24, 2.45) is 4.99 Å². The van der Waals surface area contributed by atoms with Gasteiger partial charge in [-0.05, 0) is 67.4 Å². The molecule has 0 aliphatic carbocycles. The zero-order valence-electron chi connectivity index (χ0n) is 15.9. The van der Waals surface area contributed by atoms with Crippen molar-refractivity contribution in [1.29, 1.82) is 0 Å². The van der Waals surface area contributed by atoms with E-state index in [9.17, 15) is 9.59 Å². The number of hydrogen-bond donors (Lipinski definition) is 2. The van der Waals surface area contributed by atoms with E-state index in [4.69, 9.17) is 11.6 Å². The first-order chi connectivity index (χ1) is 13.9. The fraction of sp³-hybridized carbons (Fsp3) is 0.0870. The molecular weight excluding hydrogens is 386 g/mol. The van der Waals surface area contributed by atoms with Crippen molar-refractivity contribution in [2.45, 2.75) is 13.8 Å². The van der Waals surface area contributed by atoms with Gasteiger partial charge < -0.3 is 10.6 Å². The first kappa shape index (κ1) is 18.9. The molecule has 0 spiro atoms. The van der Waals surface area contributed by atoms with Crippen LogP contribution in [0.15, 0.2) is 65.7 Å². The van der Waals surface area contributed by atoms with Gasteiger partial charge in [-0.25, -0.2) is 4.99 Å². The van der Waals surface area contributed by atoms with E-state index in [1.807, 2.05) is 38.1 Å². The molecule has 2 N–H and O–H groups in total. The second-order valence-corrected chi connectivity index (χ2v) is 7.23. The molecule has 0 saturated heterocycles. The van der Waals surface area contributed by atoms with Crippen LogP contribution >= 0.6 is 11.6 Å². The largest absolute Gasteiger partial charge is 0.322 e. The summed E-state index contributed by atoms with van der Waals surface area (Å²) in [5, 5.41) is 6.31. The number of aryl methyl sites for hydroxylation is 1. The minimum atomic E-state index is -0.272. The van der Waals surface area contributed by atoms with Gasteiger partial charge in [-0.2, -0.15) is 0 Å². The molecule has 5 nitrogen and oxygen atoms in total. The fourth-order valence-corrected chi connectivity index (χ4v) is 3.33. The van der Waals surface area contributed by atoms with Gasteiger partial charge in [0.05, 0.1) is 11.4 Å². The maximum atomic E-state index is 12.5. The summed E-state index contributed by atoms with van der Waals surface area (Å²) in [6, 6.07) is 17.9. The average molecular weight is 404 g/mol. The van der Waals surface area contributed by atoms with E-state index < -0.39 is 0 Å². The van der Waals surface area contributed by atoms with Crippen molar-refractivity contribution >= 4 is 46.2 Å². The number of rotatable bonds is 3. The van der Waals surface area contributed by atoms with E-state index >= 15 is 0 Å². The van der Waals surface area contributed by atoms with Crippen molar-refractivity contribution in [3.8, 4) is 0 Å². The summed E-state index contributed by atoms with van der Waals surface area (Å²) in [4.78, 5) is 29.3. The topological polar surface area (TPSA) is 70.6 Å². The van der Waals surface area contributed by atoms with E-state index in [1.54, 1.807) is 36.4 Å². The number of aliphatic imine (C=N–C) groups is 1. The number of carbonyl (C=O) groups is 2. The van der Waals surface area contributed by atoms with Crippen molar-refractivity contribution < 1.29 is 9.59 Å². The number of amides is 2. The lowest BCUT2D eigenvalue weighted by molar-refractivity contribution is -0.110. The predicted octanol–water partition coefficient (Wildman–Crippen LogP) is 5.28. The summed E-state index contributed by atoms with van der Waals surface area (Å²) in [6.07, 6.45) is 0. The number of benzene rings is 3. The molecule has 6 heteroatoms. The van der Waals surface area contributed by atoms with Crippen molar-refractivity contribution in [2.75, 3.05) is 10.6 Å². The quantitative estimate of drug-likeness (QED) is 0.624. The highest BCUT2D eigenvalue weighted by Crippen LogP contribution is 2.33. The molecule has 4 rings (SSSR count). The van der Waals surface area contributed by atoms with E-state index in [2.05, 4.69) is 15.6 Å². The molecule has 1 heterocycles. The van der Waals surface area contributed by atoms with Crippen LogP contribution in [0.25, 0.3) is 0 Å². The van der Waals surface area contributed by atoms with Crippen LogP contribution < -0.4 is 10.6 Å². The molecule has 3 aromatic rings. The molecule has 29 heavy (non-hydrogen) atoms. The number of nitrogens with one attached hydrogen (secondary N) is 2. The van der Waals surface area contributed by atoms with Gasteiger partial charge in [0.25, 0.3) is 11.8 Å². The van der Waals surface area contributed by atoms with Gasteiger partial charge in [0.1, 0.15) is 5.71 Å². The third-order valence-corrected chi connectivity index (χ3v) is 5.28. The number of hydrogen-bond acceptors (Lipinski definition) is 3. The van der Waals surface area contributed by atoms with Gasteiger partial charge in [0.2, 0.25) is 0 Å². The van der Waals surface area contributed by atoms with E-state index in [1.165, 1.54) is 0 Å². The molecule has 0 fully saturated rings. The van der Waals surface area contributed by atoms with E-state index in [0.29, 0.717) is 27.7 Å². The Bertz CT molecular complexity index is 1170. The number of fused-ring (bicyclic) bond motifs is 1. The lowest BCUT2D eigenvalue weighted by Crippen LogP contribution is -2.14. The number of para-hydroxylation sites is 1. The van der Waals surface area contributed by atoms with Gasteiger partial charge in [0, 0.05) is 21.8 Å². The Labute approximate surface area is 173 Å². The van der Waals surface area contributed by atoms with Crippen LogP contribution in [0.5, 0.6) is 0 Å². The second kappa shape index (κ2) is 7.53. The summed E-state index contributed by atoms with van der Waals surface area (Å²) in [7, 11) is 0. The molecule has 0 unspecified atom stereocenters. The van der Waals surface area contributed by atoms with Gasteiger partial charge in [-0.3, -0.25) is 9.59 Å². The molecule has 144 valence electrons. The Morgan fingerprint density at radius 1 is 1.00 bits per heavy atom. The van der Waals surface area contributed by atoms with Crippen LogP contribution in [-0.4, -0.2) is 17.5 Å². The van der Waals surface area contributed by atoms with Gasteiger partial charge in [-0.15, -0.1) is 0 Å². The smallest absolute Gasteiger partial charge is 0.275 e. The zero-order valence-corrected chi connectivity index (χ0v) is 16.7. The SMILES string of the molecule is Cc1ccccc1NC(=O)c1ccc(N=C2C(=O)Nc3c2ccc(Cl)c3C)cc1. The molecule has 1 aliphatic heterocycles. The number of nitrogens with zero attached hydrogens (tertiary/aromatic N) is 1. The second-order valence-electron chi connectivity index (χ2n) is 6.83. The zero-order chi connectivity index (χ0) is 20.5. The molecular formula is C23H18ClN3O2. The van der Waals surface area contributed by atoms with Crippen LogP contribution in [0.3, 0.4) is 0 Å². The van der Waals surface area contributed by atoms with E-state index in [0.717, 1.165) is 22.4 Å². The highest BCUT2D eigenvalue weighted by molar-refractivity contribution is 6.54. The van der Waals surface area contributed by atoms with Crippen molar-refractivity contribution in [3.63, 3.8) is 0 Å². The van der Waals surface area contributed by atoms with Crippen molar-refractivity contribution in [3.05, 3.63) is 87.9 Å². The summed E-state index contributed by atoms with van der Waals surface area (Å²) in [6.45, 7) is 3.79. The Morgan fingerprint density at radius 3 is 2.45 bits per heavy atom. The van der Waals surface area contributed by atoms with Crippen molar-refractivity contribution in [1.82, 2.24) is 0 Å². The molecule has 3 aromatic carbocycles. The molecule has 0 aromatic heterocycles. The van der Waals surface area contributed by atoms with Crippen LogP contribution in [-0.2, 0) is 4.79 Å². The standard InChI is InChI=1S/C23H18ClN3O2/c1-13-5-3-4-6-19(13)26-22(28)15-7-9-16(10-8-15)25-21-17-11-12-18(24)14(2)20(17)27-23(21)29/h3-12H,1-2H3,(H,26,28)(H,25,27,29). The number of halogens is 1. The van der Waals surface area contributed by atoms with Gasteiger partial charge in [0.15, 0.2) is 0 Å². The Hall–Kier alpha value is -3.44. The number of carbonyl (C=O) groups excluding carboxylic acids is 2. The Morgan fingerprint density at radius 2 is 1.72 bits per heavy atom. The first-order valence-electron chi connectivity index (χ1n) is 9.10. The predicted molar refractivity (Wildman–Crippen MR) is 117 cm³/mol. The van der Waals surface area contributed by atoms with Gasteiger partial charge in [-0.1, -0.05) is 29.8 Å². The van der Waals surface area contributed by atoms with Crippen LogP contribution in [0, 0.1) is 13.8 Å². The lowest BCUT2D eigenvalue weighted by Gasteiger charge is -2.08. The minimum absolute atomic E-state index is 0.201. The molecule has 1 aliphatic rings. The van der Waals surface area contributed by atoms with Crippen LogP contribution in [0.4, 0.5) is 17.1 Å². The summed E-state index contributed by atoms with van der Waals surface area (Å²) >= 11 is 6.13. The maximum Gasteiger partial charge on any atom is 0.275 e. The summed E-state index contributed by atoms with van der Waals surface area (Å²) in [5.41, 5.74) is 5.41. The third kappa shape index (κ3) is 3.65. The first-order valence-corrected chi connectivity index (χ1v) is 9.48. The molecule has 2 amide bonds. The van der Waals surface area contributed by atoms with E-state index in [-0.39, 0.29) is 11.8 Å². The lowest BCUT2D eigenvalue weighted by atomic mass is 10.1. The summed E-state index contributed by atoms with van der Waals surface area (Å²) in [5.74, 6) is -0.473. The molecule has 0 atom stereocenters. The molecule has 0 radical (unpaired) electrons. The van der Waals surface area contributed by atoms with Gasteiger partial charge >= 0.3 is 0 Å².